The van der Waals surface area contributed by atoms with Crippen LogP contribution in [0.4, 0.5) is 0 Å². The zero-order valence-electron chi connectivity index (χ0n) is 10.7. The van der Waals surface area contributed by atoms with Gasteiger partial charge in [0.15, 0.2) is 0 Å². The predicted octanol–water partition coefficient (Wildman–Crippen LogP) is 2.92. The molecular formula is C13H22N2OS. The van der Waals surface area contributed by atoms with Crippen molar-refractivity contribution < 1.29 is 4.74 Å². The molecule has 96 valence electrons. The van der Waals surface area contributed by atoms with Crippen LogP contribution in [0.5, 0.6) is 0 Å². The summed E-state index contributed by atoms with van der Waals surface area (Å²) in [4.78, 5) is 4.48. The van der Waals surface area contributed by atoms with E-state index in [0.29, 0.717) is 6.04 Å². The Labute approximate surface area is 108 Å². The molecule has 1 aromatic rings. The van der Waals surface area contributed by atoms with Crippen molar-refractivity contribution in [2.45, 2.75) is 39.2 Å². The molecule has 1 N–H and O–H groups in total. The first-order chi connectivity index (χ1) is 8.25. The maximum Gasteiger partial charge on any atom is 0.0898 e. The lowest BCUT2D eigenvalue weighted by Crippen LogP contribution is -2.21. The first-order valence-corrected chi connectivity index (χ1v) is 7.37. The number of nitrogens with one attached hydrogen (secondary N) is 1. The monoisotopic (exact) mass is 254 g/mol. The highest BCUT2D eigenvalue weighted by Gasteiger charge is 2.20. The van der Waals surface area contributed by atoms with Crippen LogP contribution in [0.25, 0.3) is 0 Å². The van der Waals surface area contributed by atoms with Gasteiger partial charge in [-0.15, -0.1) is 11.3 Å². The minimum absolute atomic E-state index is 0.350. The van der Waals surface area contributed by atoms with Gasteiger partial charge in [0.05, 0.1) is 10.7 Å². The number of aryl methyl sites for hydroxylation is 1. The number of aromatic nitrogens is 1. The number of hydrogen-bond acceptors (Lipinski definition) is 4. The van der Waals surface area contributed by atoms with E-state index in [0.717, 1.165) is 42.8 Å². The van der Waals surface area contributed by atoms with Gasteiger partial charge in [-0.2, -0.15) is 0 Å². The van der Waals surface area contributed by atoms with Crippen LogP contribution in [0.15, 0.2) is 5.38 Å². The largest absolute Gasteiger partial charge is 0.381 e. The molecule has 1 saturated carbocycles. The maximum atomic E-state index is 5.60. The van der Waals surface area contributed by atoms with Crippen LogP contribution in [-0.2, 0) is 4.74 Å². The highest BCUT2D eigenvalue weighted by atomic mass is 32.1. The van der Waals surface area contributed by atoms with Gasteiger partial charge >= 0.3 is 0 Å². The lowest BCUT2D eigenvalue weighted by atomic mass is 10.2. The topological polar surface area (TPSA) is 34.2 Å². The maximum absolute atomic E-state index is 5.60. The van der Waals surface area contributed by atoms with Crippen LogP contribution in [0, 0.1) is 12.8 Å². The van der Waals surface area contributed by atoms with E-state index in [1.165, 1.54) is 12.8 Å². The Kier molecular flexibility index (Phi) is 4.95. The molecule has 0 radical (unpaired) electrons. The third kappa shape index (κ3) is 4.74. The van der Waals surface area contributed by atoms with Crippen LogP contribution in [0.1, 0.15) is 42.9 Å². The van der Waals surface area contributed by atoms with Crippen LogP contribution in [0.2, 0.25) is 0 Å². The van der Waals surface area contributed by atoms with Gasteiger partial charge in [0.1, 0.15) is 0 Å². The summed E-state index contributed by atoms with van der Waals surface area (Å²) in [6, 6.07) is 0.350. The van der Waals surface area contributed by atoms with E-state index < -0.39 is 0 Å². The second-order valence-corrected chi connectivity index (χ2v) is 5.90. The molecule has 1 aliphatic carbocycles. The number of rotatable bonds is 8. The highest BCUT2D eigenvalue weighted by Crippen LogP contribution is 2.28. The van der Waals surface area contributed by atoms with Gasteiger partial charge in [-0.25, -0.2) is 4.98 Å². The fourth-order valence-corrected chi connectivity index (χ4v) is 2.42. The van der Waals surface area contributed by atoms with E-state index in [2.05, 4.69) is 22.6 Å². The molecule has 3 nitrogen and oxygen atoms in total. The average Bonchev–Trinajstić information content (AvgIpc) is 3.04. The molecule has 0 aromatic carbocycles. The molecule has 0 bridgehead atoms. The highest BCUT2D eigenvalue weighted by molar-refractivity contribution is 7.09. The summed E-state index contributed by atoms with van der Waals surface area (Å²) in [5.74, 6) is 0.875. The lowest BCUT2D eigenvalue weighted by Gasteiger charge is -2.11. The first kappa shape index (κ1) is 13.0. The Morgan fingerprint density at radius 1 is 1.59 bits per heavy atom. The summed E-state index contributed by atoms with van der Waals surface area (Å²) in [7, 11) is 0. The molecule has 0 spiro atoms. The molecule has 0 saturated heterocycles. The van der Waals surface area contributed by atoms with Gasteiger partial charge in [0.25, 0.3) is 0 Å². The molecule has 0 aliphatic heterocycles. The standard InChI is InChI=1S/C13H22N2OS/c1-10(13-9-17-11(2)15-13)14-6-3-7-16-8-12-4-5-12/h9-10,12,14H,3-8H2,1-2H3. The van der Waals surface area contributed by atoms with E-state index in [4.69, 9.17) is 4.74 Å². The Balaban J connectivity index is 1.51. The summed E-state index contributed by atoms with van der Waals surface area (Å²) < 4.78 is 5.60. The molecule has 2 rings (SSSR count). The molecule has 1 aromatic heterocycles. The van der Waals surface area contributed by atoms with Crippen molar-refractivity contribution in [2.75, 3.05) is 19.8 Å². The Morgan fingerprint density at radius 2 is 2.41 bits per heavy atom. The zero-order chi connectivity index (χ0) is 12.1. The fraction of sp³-hybridized carbons (Fsp3) is 0.769. The van der Waals surface area contributed by atoms with E-state index in [1.54, 1.807) is 11.3 Å². The van der Waals surface area contributed by atoms with Crippen molar-refractivity contribution in [3.05, 3.63) is 16.1 Å². The summed E-state index contributed by atoms with van der Waals surface area (Å²) in [6.45, 7) is 7.07. The molecule has 4 heteroatoms. The van der Waals surface area contributed by atoms with Crippen molar-refractivity contribution in [3.63, 3.8) is 0 Å². The van der Waals surface area contributed by atoms with Crippen molar-refractivity contribution in [1.82, 2.24) is 10.3 Å². The van der Waals surface area contributed by atoms with Crippen molar-refractivity contribution in [3.8, 4) is 0 Å². The third-order valence-corrected chi connectivity index (χ3v) is 3.84. The fourth-order valence-electron chi connectivity index (χ4n) is 1.71. The normalized spacial score (nSPS) is 17.3. The van der Waals surface area contributed by atoms with Crippen LogP contribution in [0.3, 0.4) is 0 Å². The van der Waals surface area contributed by atoms with Gasteiger partial charge < -0.3 is 10.1 Å². The predicted molar refractivity (Wildman–Crippen MR) is 71.4 cm³/mol. The quantitative estimate of drug-likeness (QED) is 0.724. The third-order valence-electron chi connectivity index (χ3n) is 3.05. The van der Waals surface area contributed by atoms with Gasteiger partial charge in [-0.05, 0) is 45.6 Å². The lowest BCUT2D eigenvalue weighted by molar-refractivity contribution is 0.121. The minimum atomic E-state index is 0.350. The summed E-state index contributed by atoms with van der Waals surface area (Å²) >= 11 is 1.71. The zero-order valence-corrected chi connectivity index (χ0v) is 11.6. The molecular weight excluding hydrogens is 232 g/mol. The number of nitrogens with zero attached hydrogens (tertiary/aromatic N) is 1. The van der Waals surface area contributed by atoms with Crippen molar-refractivity contribution in [2.24, 2.45) is 5.92 Å². The van der Waals surface area contributed by atoms with Gasteiger partial charge in [0.2, 0.25) is 0 Å². The van der Waals surface area contributed by atoms with Crippen LogP contribution < -0.4 is 5.32 Å². The Bertz CT molecular complexity index is 336. The van der Waals surface area contributed by atoms with E-state index in [-0.39, 0.29) is 0 Å². The van der Waals surface area contributed by atoms with Gasteiger partial charge in [-0.3, -0.25) is 0 Å². The minimum Gasteiger partial charge on any atom is -0.381 e. The second-order valence-electron chi connectivity index (χ2n) is 4.84. The second kappa shape index (κ2) is 6.47. The van der Waals surface area contributed by atoms with Crippen molar-refractivity contribution in [1.29, 1.82) is 0 Å². The Morgan fingerprint density at radius 3 is 3.06 bits per heavy atom. The number of hydrogen-bond donors (Lipinski definition) is 1. The Hall–Kier alpha value is -0.450. The van der Waals surface area contributed by atoms with E-state index in [1.807, 2.05) is 6.92 Å². The summed E-state index contributed by atoms with van der Waals surface area (Å²) in [6.07, 6.45) is 3.83. The van der Waals surface area contributed by atoms with E-state index >= 15 is 0 Å². The van der Waals surface area contributed by atoms with E-state index in [9.17, 15) is 0 Å². The van der Waals surface area contributed by atoms with Gasteiger partial charge in [0, 0.05) is 24.6 Å². The molecule has 1 aliphatic rings. The molecule has 0 amide bonds. The molecule has 1 heterocycles. The summed E-state index contributed by atoms with van der Waals surface area (Å²) in [5.41, 5.74) is 1.16. The molecule has 1 atom stereocenters. The smallest absolute Gasteiger partial charge is 0.0898 e. The SMILES string of the molecule is Cc1nc(C(C)NCCCOCC2CC2)cs1. The van der Waals surface area contributed by atoms with Crippen LogP contribution >= 0.6 is 11.3 Å². The molecule has 1 unspecified atom stereocenters. The number of ether oxygens (including phenoxy) is 1. The summed E-state index contributed by atoms with van der Waals surface area (Å²) in [5, 5.41) is 6.76. The average molecular weight is 254 g/mol. The number of thiazole rings is 1. The van der Waals surface area contributed by atoms with Crippen LogP contribution in [-0.4, -0.2) is 24.7 Å². The van der Waals surface area contributed by atoms with Gasteiger partial charge in [-0.1, -0.05) is 0 Å². The van der Waals surface area contributed by atoms with Crippen molar-refractivity contribution >= 4 is 11.3 Å². The first-order valence-electron chi connectivity index (χ1n) is 6.49. The molecule has 1 fully saturated rings. The molecule has 17 heavy (non-hydrogen) atoms.